The third kappa shape index (κ3) is 3.57. The quantitative estimate of drug-likeness (QED) is 0.924. The summed E-state index contributed by atoms with van der Waals surface area (Å²) in [6.07, 6.45) is 4.31. The van der Waals surface area contributed by atoms with Crippen LogP contribution in [-0.4, -0.2) is 39.1 Å². The normalized spacial score (nSPS) is 21.8. The third-order valence-corrected chi connectivity index (χ3v) is 4.61. The number of hydrogen-bond donors (Lipinski definition) is 1. The lowest BCUT2D eigenvalue weighted by molar-refractivity contribution is -0.179. The highest BCUT2D eigenvalue weighted by Gasteiger charge is 2.40. The van der Waals surface area contributed by atoms with Crippen LogP contribution >= 0.6 is 0 Å². The molecule has 1 heterocycles. The summed E-state index contributed by atoms with van der Waals surface area (Å²) in [6, 6.07) is 9.34. The van der Waals surface area contributed by atoms with Gasteiger partial charge in [0.15, 0.2) is 5.79 Å². The van der Waals surface area contributed by atoms with E-state index in [2.05, 4.69) is 48.6 Å². The van der Waals surface area contributed by atoms with Crippen LogP contribution in [0.15, 0.2) is 24.3 Å². The Labute approximate surface area is 127 Å². The molecule has 0 aromatic heterocycles. The minimum atomic E-state index is -0.245. The molecule has 3 rings (SSSR count). The van der Waals surface area contributed by atoms with Gasteiger partial charge in [-0.05, 0) is 30.5 Å². The zero-order valence-corrected chi connectivity index (χ0v) is 13.1. The molecule has 1 saturated carbocycles. The molecule has 21 heavy (non-hydrogen) atoms. The van der Waals surface area contributed by atoms with E-state index in [9.17, 15) is 0 Å². The van der Waals surface area contributed by atoms with Gasteiger partial charge in [-0.3, -0.25) is 0 Å². The van der Waals surface area contributed by atoms with Gasteiger partial charge < -0.3 is 19.7 Å². The predicted molar refractivity (Wildman–Crippen MR) is 84.5 cm³/mol. The van der Waals surface area contributed by atoms with Gasteiger partial charge in [0.25, 0.3) is 0 Å². The lowest BCUT2D eigenvalue weighted by Gasteiger charge is -2.35. The lowest BCUT2D eigenvalue weighted by Crippen LogP contribution is -2.41. The molecule has 0 atom stereocenters. The molecule has 1 aromatic carbocycles. The van der Waals surface area contributed by atoms with Gasteiger partial charge in [0.2, 0.25) is 0 Å². The molecular weight excluding hydrogens is 264 g/mol. The Bertz CT molecular complexity index is 442. The van der Waals surface area contributed by atoms with Crippen LogP contribution in [0.3, 0.4) is 0 Å². The highest BCUT2D eigenvalue weighted by molar-refractivity contribution is 5.45. The molecule has 1 N–H and O–H groups in total. The number of rotatable bonds is 4. The summed E-state index contributed by atoms with van der Waals surface area (Å²) < 4.78 is 11.5. The van der Waals surface area contributed by atoms with E-state index in [0.29, 0.717) is 6.04 Å². The van der Waals surface area contributed by atoms with Crippen LogP contribution in [0.1, 0.15) is 31.2 Å². The van der Waals surface area contributed by atoms with E-state index in [1.54, 1.807) is 0 Å². The molecule has 0 radical (unpaired) electrons. The summed E-state index contributed by atoms with van der Waals surface area (Å²) in [6.45, 7) is 2.46. The van der Waals surface area contributed by atoms with E-state index in [-0.39, 0.29) is 5.79 Å². The average Bonchev–Trinajstić information content (AvgIpc) is 2.95. The Morgan fingerprint density at radius 1 is 1.10 bits per heavy atom. The highest BCUT2D eigenvalue weighted by atomic mass is 16.7. The fourth-order valence-corrected chi connectivity index (χ4v) is 3.22. The van der Waals surface area contributed by atoms with Crippen LogP contribution in [-0.2, 0) is 16.0 Å². The van der Waals surface area contributed by atoms with Crippen molar-refractivity contribution in [2.45, 2.75) is 44.1 Å². The average molecular weight is 290 g/mol. The van der Waals surface area contributed by atoms with Gasteiger partial charge in [-0.25, -0.2) is 0 Å². The Morgan fingerprint density at radius 3 is 2.29 bits per heavy atom. The number of ether oxygens (including phenoxy) is 2. The number of nitrogens with one attached hydrogen (secondary N) is 1. The van der Waals surface area contributed by atoms with E-state index < -0.39 is 0 Å². The predicted octanol–water partition coefficient (Wildman–Crippen LogP) is 2.53. The third-order valence-electron chi connectivity index (χ3n) is 4.61. The fourth-order valence-electron chi connectivity index (χ4n) is 3.22. The molecule has 0 amide bonds. The summed E-state index contributed by atoms with van der Waals surface area (Å²) in [4.78, 5) is 2.12. The summed E-state index contributed by atoms with van der Waals surface area (Å²) in [5.41, 5.74) is 2.59. The number of hydrogen-bond acceptors (Lipinski definition) is 4. The van der Waals surface area contributed by atoms with Crippen molar-refractivity contribution in [2.75, 3.05) is 32.2 Å². The van der Waals surface area contributed by atoms with Gasteiger partial charge >= 0.3 is 0 Å². The zero-order valence-electron chi connectivity index (χ0n) is 13.1. The van der Waals surface area contributed by atoms with Gasteiger partial charge in [-0.2, -0.15) is 0 Å². The van der Waals surface area contributed by atoms with Crippen molar-refractivity contribution in [3.63, 3.8) is 0 Å². The van der Waals surface area contributed by atoms with Crippen LogP contribution < -0.4 is 10.2 Å². The number of benzene rings is 1. The van der Waals surface area contributed by atoms with Crippen molar-refractivity contribution >= 4 is 5.69 Å². The Balaban J connectivity index is 1.45. The molecule has 1 aliphatic carbocycles. The topological polar surface area (TPSA) is 33.7 Å². The molecule has 1 aliphatic heterocycles. The number of nitrogens with zero attached hydrogens (tertiary/aromatic N) is 1. The molecule has 2 fully saturated rings. The number of anilines is 1. The molecule has 116 valence electrons. The Hall–Kier alpha value is -1.10. The molecule has 1 spiro atoms. The molecule has 4 heteroatoms. The van der Waals surface area contributed by atoms with Crippen LogP contribution in [0, 0.1) is 0 Å². The SMILES string of the molecule is CN(C)c1ccc(CNC2CCC3(CC2)OCCO3)cc1. The summed E-state index contributed by atoms with van der Waals surface area (Å²) in [5, 5.41) is 3.67. The van der Waals surface area contributed by atoms with Crippen LogP contribution in [0.25, 0.3) is 0 Å². The zero-order chi connectivity index (χ0) is 14.7. The second-order valence-corrected chi connectivity index (χ2v) is 6.32. The Morgan fingerprint density at radius 2 is 1.71 bits per heavy atom. The van der Waals surface area contributed by atoms with Gasteiger partial charge in [-0.1, -0.05) is 12.1 Å². The van der Waals surface area contributed by atoms with Gasteiger partial charge in [0.1, 0.15) is 0 Å². The molecule has 1 saturated heterocycles. The first-order chi connectivity index (χ1) is 10.2. The monoisotopic (exact) mass is 290 g/mol. The van der Waals surface area contributed by atoms with E-state index in [4.69, 9.17) is 9.47 Å². The largest absolute Gasteiger partial charge is 0.378 e. The summed E-state index contributed by atoms with van der Waals surface area (Å²) in [7, 11) is 4.14. The minimum Gasteiger partial charge on any atom is -0.378 e. The maximum Gasteiger partial charge on any atom is 0.168 e. The molecule has 1 aromatic rings. The first kappa shape index (κ1) is 14.8. The second-order valence-electron chi connectivity index (χ2n) is 6.32. The van der Waals surface area contributed by atoms with Crippen molar-refractivity contribution in [3.05, 3.63) is 29.8 Å². The van der Waals surface area contributed by atoms with E-state index in [0.717, 1.165) is 45.4 Å². The van der Waals surface area contributed by atoms with E-state index in [1.165, 1.54) is 11.3 Å². The molecule has 0 unspecified atom stereocenters. The van der Waals surface area contributed by atoms with Crippen LogP contribution in [0.2, 0.25) is 0 Å². The van der Waals surface area contributed by atoms with Gasteiger partial charge in [0.05, 0.1) is 13.2 Å². The Kier molecular flexibility index (Phi) is 4.48. The van der Waals surface area contributed by atoms with Gasteiger partial charge in [0, 0.05) is 45.2 Å². The van der Waals surface area contributed by atoms with E-state index in [1.807, 2.05) is 0 Å². The van der Waals surface area contributed by atoms with Crippen molar-refractivity contribution in [1.82, 2.24) is 5.32 Å². The van der Waals surface area contributed by atoms with Crippen molar-refractivity contribution in [2.24, 2.45) is 0 Å². The maximum atomic E-state index is 5.77. The van der Waals surface area contributed by atoms with Crippen molar-refractivity contribution in [3.8, 4) is 0 Å². The molecule has 4 nitrogen and oxygen atoms in total. The minimum absolute atomic E-state index is 0.245. The first-order valence-electron chi connectivity index (χ1n) is 7.94. The lowest BCUT2D eigenvalue weighted by atomic mass is 9.90. The molecule has 2 aliphatic rings. The standard InChI is InChI=1S/C17H26N2O2/c1-19(2)16-5-3-14(4-6-16)13-18-15-7-9-17(10-8-15)20-11-12-21-17/h3-6,15,18H,7-13H2,1-2H3. The van der Waals surface area contributed by atoms with Crippen LogP contribution in [0.4, 0.5) is 5.69 Å². The summed E-state index contributed by atoms with van der Waals surface area (Å²) in [5.74, 6) is -0.245. The second kappa shape index (κ2) is 6.34. The van der Waals surface area contributed by atoms with Crippen molar-refractivity contribution < 1.29 is 9.47 Å². The molecular formula is C17H26N2O2. The van der Waals surface area contributed by atoms with E-state index >= 15 is 0 Å². The van der Waals surface area contributed by atoms with Crippen molar-refractivity contribution in [1.29, 1.82) is 0 Å². The van der Waals surface area contributed by atoms with Crippen LogP contribution in [0.5, 0.6) is 0 Å². The van der Waals surface area contributed by atoms with Gasteiger partial charge in [-0.15, -0.1) is 0 Å². The highest BCUT2D eigenvalue weighted by Crippen LogP contribution is 2.35. The smallest absolute Gasteiger partial charge is 0.168 e. The maximum absolute atomic E-state index is 5.77. The first-order valence-corrected chi connectivity index (χ1v) is 7.94. The molecule has 0 bridgehead atoms. The summed E-state index contributed by atoms with van der Waals surface area (Å²) >= 11 is 0. The fraction of sp³-hybridized carbons (Fsp3) is 0.647.